The largest absolute Gasteiger partial charge is 0.465 e. The number of carboxylic acid groups (broad SMARTS) is 2. The number of amides is 6. The molecule has 0 spiro atoms. The quantitative estimate of drug-likeness (QED) is 0.206. The molecule has 2 aromatic rings. The Morgan fingerprint density at radius 3 is 1.25 bits per heavy atom. The lowest BCUT2D eigenvalue weighted by molar-refractivity contribution is -0.150. The van der Waals surface area contributed by atoms with Crippen molar-refractivity contribution in [2.45, 2.75) is 135 Å². The molecule has 2 aliphatic heterocycles. The van der Waals surface area contributed by atoms with E-state index in [9.17, 15) is 39.0 Å². The van der Waals surface area contributed by atoms with Crippen molar-refractivity contribution in [1.82, 2.24) is 24.5 Å². The maximum absolute atomic E-state index is 14.2. The zero-order valence-corrected chi connectivity index (χ0v) is 36.6. The van der Waals surface area contributed by atoms with Crippen LogP contribution >= 0.6 is 0 Å². The molecule has 6 N–H and O–H groups in total. The van der Waals surface area contributed by atoms with Crippen molar-refractivity contribution in [2.75, 3.05) is 27.2 Å². The van der Waals surface area contributed by atoms with Crippen molar-refractivity contribution in [3.05, 3.63) is 70.8 Å². The first kappa shape index (κ1) is 45.9. The standard InChI is InChI=1S/C45H65N7O8/c1-42(2,3)34(48(7)40(57)58)36(53)51-25-11-23-44(51,38(46)55)31-19-15-29(16-20-31)27-50(33-13-9-10-14-33)28-30-17-21-32(22-18-30)45(39(47)56)24-12-26-52(45)37(54)35(43(4,5)6)49(8)41(59)60/h15-22,33-35H,9-14,23-28H2,1-8H3,(H2,46,55)(H2,47,56)(H,57,58)(H,59,60)/t34-,35-,44+,45+/m1/s1. The fraction of sp³-hybridized carbons (Fsp3) is 0.600. The van der Waals surface area contributed by atoms with Gasteiger partial charge in [-0.1, -0.05) is 103 Å². The first-order valence-electron chi connectivity index (χ1n) is 21.1. The molecule has 3 fully saturated rings. The molecule has 6 amide bonds. The number of benzene rings is 2. The number of rotatable bonds is 13. The van der Waals surface area contributed by atoms with Crippen molar-refractivity contribution < 1.29 is 39.0 Å². The Kier molecular flexibility index (Phi) is 13.3. The fourth-order valence-corrected chi connectivity index (χ4v) is 10.2. The van der Waals surface area contributed by atoms with Gasteiger partial charge in [-0.2, -0.15) is 0 Å². The van der Waals surface area contributed by atoms with E-state index in [0.29, 0.717) is 55.9 Å². The number of nitrogens with zero attached hydrogens (tertiary/aromatic N) is 5. The highest BCUT2D eigenvalue weighted by atomic mass is 16.4. The van der Waals surface area contributed by atoms with Crippen molar-refractivity contribution >= 4 is 35.8 Å². The third-order valence-corrected chi connectivity index (χ3v) is 13.1. The minimum absolute atomic E-state index is 0.270. The van der Waals surface area contributed by atoms with Crippen molar-refractivity contribution in [3.63, 3.8) is 0 Å². The normalized spacial score (nSPS) is 22.1. The molecule has 15 nitrogen and oxygen atoms in total. The highest BCUT2D eigenvalue weighted by molar-refractivity contribution is 5.96. The van der Waals surface area contributed by atoms with Gasteiger partial charge in [-0.3, -0.25) is 33.9 Å². The Labute approximate surface area is 354 Å². The van der Waals surface area contributed by atoms with Crippen molar-refractivity contribution in [3.8, 4) is 0 Å². The van der Waals surface area contributed by atoms with E-state index in [1.807, 2.05) is 48.5 Å². The Hall–Kier alpha value is -5.18. The van der Waals surface area contributed by atoms with Crippen LogP contribution in [0.3, 0.4) is 0 Å². The van der Waals surface area contributed by atoms with Gasteiger partial charge in [0.05, 0.1) is 0 Å². The van der Waals surface area contributed by atoms with Crippen LogP contribution in [0.4, 0.5) is 9.59 Å². The van der Waals surface area contributed by atoms with Crippen LogP contribution in [0.25, 0.3) is 0 Å². The maximum Gasteiger partial charge on any atom is 0.407 e. The van der Waals surface area contributed by atoms with Crippen LogP contribution in [0.5, 0.6) is 0 Å². The molecule has 2 saturated heterocycles. The number of carbonyl (C=O) groups excluding carboxylic acids is 4. The molecule has 3 aliphatic rings. The maximum atomic E-state index is 14.2. The molecule has 4 atom stereocenters. The molecule has 0 unspecified atom stereocenters. The number of hydrogen-bond acceptors (Lipinski definition) is 7. The fourth-order valence-electron chi connectivity index (χ4n) is 10.2. The van der Waals surface area contributed by atoms with E-state index in [-0.39, 0.29) is 13.1 Å². The highest BCUT2D eigenvalue weighted by Crippen LogP contribution is 2.43. The molecule has 2 aromatic carbocycles. The van der Waals surface area contributed by atoms with E-state index in [1.165, 1.54) is 23.9 Å². The molecule has 60 heavy (non-hydrogen) atoms. The van der Waals surface area contributed by atoms with Gasteiger partial charge >= 0.3 is 12.2 Å². The van der Waals surface area contributed by atoms with Gasteiger partial charge in [-0.05, 0) is 71.6 Å². The SMILES string of the molecule is CN(C(=O)O)[C@H](C(=O)N1CCC[C@@]1(C(N)=O)c1ccc(CN(Cc2ccc([C@]3(C(N)=O)CCCN3C(=O)[C@@H](N(C)C(=O)O)C(C)(C)C)cc2)C2CCCC2)cc1)C(C)(C)C. The summed E-state index contributed by atoms with van der Waals surface area (Å²) in [5, 5.41) is 19.7. The predicted octanol–water partition coefficient (Wildman–Crippen LogP) is 5.29. The predicted molar refractivity (Wildman–Crippen MR) is 226 cm³/mol. The van der Waals surface area contributed by atoms with Crippen LogP contribution in [-0.4, -0.2) is 116 Å². The second kappa shape index (κ2) is 17.4. The lowest BCUT2D eigenvalue weighted by Gasteiger charge is -2.43. The van der Waals surface area contributed by atoms with E-state index < -0.39 is 69.8 Å². The first-order valence-corrected chi connectivity index (χ1v) is 21.1. The Morgan fingerprint density at radius 2 is 0.967 bits per heavy atom. The summed E-state index contributed by atoms with van der Waals surface area (Å²) in [5.74, 6) is -2.24. The van der Waals surface area contributed by atoms with Gasteiger partial charge in [-0.15, -0.1) is 0 Å². The van der Waals surface area contributed by atoms with Crippen LogP contribution < -0.4 is 11.5 Å². The summed E-state index contributed by atoms with van der Waals surface area (Å²) in [4.78, 5) is 86.7. The molecular weight excluding hydrogens is 767 g/mol. The summed E-state index contributed by atoms with van der Waals surface area (Å²) < 4.78 is 0. The topological polar surface area (TPSA) is 211 Å². The summed E-state index contributed by atoms with van der Waals surface area (Å²) in [6.07, 6.45) is 3.56. The van der Waals surface area contributed by atoms with Gasteiger partial charge in [0, 0.05) is 46.3 Å². The molecular formula is C45H65N7O8. The highest BCUT2D eigenvalue weighted by Gasteiger charge is 2.55. The van der Waals surface area contributed by atoms with Gasteiger partial charge in [0.25, 0.3) is 0 Å². The Morgan fingerprint density at radius 1 is 0.633 bits per heavy atom. The van der Waals surface area contributed by atoms with Crippen LogP contribution in [0.1, 0.15) is 115 Å². The van der Waals surface area contributed by atoms with Crippen LogP contribution in [0, 0.1) is 10.8 Å². The van der Waals surface area contributed by atoms with E-state index in [2.05, 4.69) is 4.90 Å². The van der Waals surface area contributed by atoms with E-state index in [1.54, 1.807) is 41.5 Å². The van der Waals surface area contributed by atoms with Gasteiger partial charge in [0.1, 0.15) is 23.2 Å². The molecule has 0 aromatic heterocycles. The summed E-state index contributed by atoms with van der Waals surface area (Å²) in [7, 11) is 2.74. The zero-order valence-electron chi connectivity index (χ0n) is 36.6. The minimum atomic E-state index is -1.42. The third-order valence-electron chi connectivity index (χ3n) is 13.1. The first-order chi connectivity index (χ1) is 28.0. The number of hydrogen-bond donors (Lipinski definition) is 4. The number of likely N-dealkylation sites (N-methyl/N-ethyl adjacent to an activating group) is 2. The second-order valence-electron chi connectivity index (χ2n) is 19.2. The van der Waals surface area contributed by atoms with Crippen LogP contribution in [-0.2, 0) is 43.3 Å². The Bertz CT molecular complexity index is 1800. The summed E-state index contributed by atoms with van der Waals surface area (Å²) >= 11 is 0. The van der Waals surface area contributed by atoms with Crippen molar-refractivity contribution in [1.29, 1.82) is 0 Å². The molecule has 0 bridgehead atoms. The summed E-state index contributed by atoms with van der Waals surface area (Å²) in [6, 6.07) is 13.5. The molecule has 15 heteroatoms. The molecule has 2 heterocycles. The van der Waals surface area contributed by atoms with E-state index >= 15 is 0 Å². The molecule has 1 aliphatic carbocycles. The van der Waals surface area contributed by atoms with Gasteiger partial charge in [0.2, 0.25) is 23.6 Å². The van der Waals surface area contributed by atoms with E-state index in [4.69, 9.17) is 11.5 Å². The van der Waals surface area contributed by atoms with Crippen molar-refractivity contribution in [2.24, 2.45) is 22.3 Å². The smallest absolute Gasteiger partial charge is 0.407 e. The molecule has 1 saturated carbocycles. The number of primary amides is 2. The van der Waals surface area contributed by atoms with Gasteiger partial charge in [0.15, 0.2) is 0 Å². The lowest BCUT2D eigenvalue weighted by Crippen LogP contribution is -2.61. The lowest BCUT2D eigenvalue weighted by atomic mass is 9.82. The average molecular weight is 832 g/mol. The summed E-state index contributed by atoms with van der Waals surface area (Å²) in [6.45, 7) is 12.5. The zero-order chi connectivity index (χ0) is 44.5. The minimum Gasteiger partial charge on any atom is -0.465 e. The second-order valence-corrected chi connectivity index (χ2v) is 19.2. The number of carbonyl (C=O) groups is 6. The Balaban J connectivity index is 1.40. The van der Waals surface area contributed by atoms with Gasteiger partial charge < -0.3 is 31.5 Å². The van der Waals surface area contributed by atoms with E-state index in [0.717, 1.165) is 46.6 Å². The molecule has 5 rings (SSSR count). The summed E-state index contributed by atoms with van der Waals surface area (Å²) in [5.41, 5.74) is 11.1. The van der Waals surface area contributed by atoms with Gasteiger partial charge in [-0.25, -0.2) is 9.59 Å². The number of likely N-dealkylation sites (tertiary alicyclic amines) is 2. The van der Waals surface area contributed by atoms with Crippen LogP contribution in [0.15, 0.2) is 48.5 Å². The molecule has 328 valence electrons. The third kappa shape index (κ3) is 8.68. The van der Waals surface area contributed by atoms with Crippen LogP contribution in [0.2, 0.25) is 0 Å². The average Bonchev–Trinajstić information content (AvgIpc) is 3.95. The molecule has 0 radical (unpaired) electrons. The monoisotopic (exact) mass is 831 g/mol. The number of nitrogens with two attached hydrogens (primary N) is 2.